The second-order valence-corrected chi connectivity index (χ2v) is 6.28. The predicted molar refractivity (Wildman–Crippen MR) is 82.3 cm³/mol. The van der Waals surface area contributed by atoms with Gasteiger partial charge >= 0.3 is 0 Å². The Hall–Kier alpha value is -0.860. The Balaban J connectivity index is 2.18. The fourth-order valence-corrected chi connectivity index (χ4v) is 3.08. The third-order valence-corrected chi connectivity index (χ3v) is 4.65. The van der Waals surface area contributed by atoms with E-state index in [0.29, 0.717) is 0 Å². The highest BCUT2D eigenvalue weighted by atomic mass is 15.2. The van der Waals surface area contributed by atoms with E-state index in [1.807, 2.05) is 0 Å². The topological polar surface area (TPSA) is 29.3 Å². The van der Waals surface area contributed by atoms with E-state index in [2.05, 4.69) is 49.9 Å². The molecule has 19 heavy (non-hydrogen) atoms. The van der Waals surface area contributed by atoms with E-state index in [-0.39, 0.29) is 11.6 Å². The second-order valence-electron chi connectivity index (χ2n) is 6.28. The predicted octanol–water partition coefficient (Wildman–Crippen LogP) is 3.51. The van der Waals surface area contributed by atoms with Gasteiger partial charge < -0.3 is 5.73 Å². The summed E-state index contributed by atoms with van der Waals surface area (Å²) in [4.78, 5) is 2.57. The molecular formula is C17H28N2. The molecule has 0 aromatic heterocycles. The number of nitrogens with two attached hydrogens (primary N) is 1. The van der Waals surface area contributed by atoms with Crippen molar-refractivity contribution in [1.82, 2.24) is 4.90 Å². The average molecular weight is 260 g/mol. The monoisotopic (exact) mass is 260 g/mol. The van der Waals surface area contributed by atoms with Crippen molar-refractivity contribution in [3.63, 3.8) is 0 Å². The van der Waals surface area contributed by atoms with Crippen LogP contribution in [0.25, 0.3) is 0 Å². The number of benzene rings is 1. The van der Waals surface area contributed by atoms with Gasteiger partial charge in [-0.3, -0.25) is 4.90 Å². The molecule has 1 atom stereocenters. The molecule has 1 heterocycles. The first kappa shape index (κ1) is 14.5. The van der Waals surface area contributed by atoms with Crippen LogP contribution in [0.3, 0.4) is 0 Å². The smallest absolute Gasteiger partial charge is 0.0476 e. The Labute approximate surface area is 118 Å². The van der Waals surface area contributed by atoms with Crippen molar-refractivity contribution in [1.29, 1.82) is 0 Å². The summed E-state index contributed by atoms with van der Waals surface area (Å²) in [6.45, 7) is 9.16. The minimum Gasteiger partial charge on any atom is -0.322 e. The minimum absolute atomic E-state index is 0.0345. The third kappa shape index (κ3) is 3.18. The molecule has 0 bridgehead atoms. The zero-order valence-corrected chi connectivity index (χ0v) is 12.7. The van der Waals surface area contributed by atoms with Crippen molar-refractivity contribution in [2.75, 3.05) is 13.1 Å². The second kappa shape index (κ2) is 6.06. The summed E-state index contributed by atoms with van der Waals surface area (Å²) in [5.41, 5.74) is 9.27. The van der Waals surface area contributed by atoms with E-state index in [1.165, 1.54) is 43.5 Å². The van der Waals surface area contributed by atoms with E-state index >= 15 is 0 Å². The van der Waals surface area contributed by atoms with Crippen molar-refractivity contribution in [2.45, 2.75) is 58.0 Å². The Kier molecular flexibility index (Phi) is 4.64. The van der Waals surface area contributed by atoms with Crippen molar-refractivity contribution in [3.8, 4) is 0 Å². The minimum atomic E-state index is 0.0345. The van der Waals surface area contributed by atoms with Gasteiger partial charge in [-0.25, -0.2) is 0 Å². The standard InChI is InChI=1S/C17H28N2/c1-4-14-9-8-10-15(13-14)16(18)17(2,3)19-11-6-5-7-12-19/h8-10,13,16H,4-7,11-12,18H2,1-3H3. The first-order valence-electron chi connectivity index (χ1n) is 7.65. The lowest BCUT2D eigenvalue weighted by atomic mass is 9.85. The highest BCUT2D eigenvalue weighted by molar-refractivity contribution is 5.28. The summed E-state index contributed by atoms with van der Waals surface area (Å²) >= 11 is 0. The zero-order chi connectivity index (χ0) is 13.9. The molecule has 2 N–H and O–H groups in total. The Bertz CT molecular complexity index is 405. The van der Waals surface area contributed by atoms with Gasteiger partial charge in [0.05, 0.1) is 0 Å². The molecule has 2 rings (SSSR count). The summed E-state index contributed by atoms with van der Waals surface area (Å²) in [5.74, 6) is 0. The quantitative estimate of drug-likeness (QED) is 0.897. The van der Waals surface area contributed by atoms with Gasteiger partial charge in [0.2, 0.25) is 0 Å². The van der Waals surface area contributed by atoms with E-state index in [4.69, 9.17) is 5.73 Å². The molecule has 1 fully saturated rings. The van der Waals surface area contributed by atoms with E-state index in [1.54, 1.807) is 0 Å². The van der Waals surface area contributed by atoms with Crippen LogP contribution in [0.2, 0.25) is 0 Å². The van der Waals surface area contributed by atoms with Crippen LogP contribution in [0.4, 0.5) is 0 Å². The third-order valence-electron chi connectivity index (χ3n) is 4.65. The van der Waals surface area contributed by atoms with E-state index in [0.717, 1.165) is 6.42 Å². The van der Waals surface area contributed by atoms with Gasteiger partial charge in [-0.2, -0.15) is 0 Å². The molecule has 1 unspecified atom stereocenters. The Morgan fingerprint density at radius 1 is 1.21 bits per heavy atom. The molecule has 2 nitrogen and oxygen atoms in total. The lowest BCUT2D eigenvalue weighted by molar-refractivity contribution is 0.0729. The maximum atomic E-state index is 6.59. The van der Waals surface area contributed by atoms with Gasteiger partial charge in [0, 0.05) is 11.6 Å². The molecular weight excluding hydrogens is 232 g/mol. The molecule has 0 saturated carbocycles. The van der Waals surface area contributed by atoms with Gasteiger partial charge in [0.1, 0.15) is 0 Å². The van der Waals surface area contributed by atoms with Crippen molar-refractivity contribution < 1.29 is 0 Å². The number of hydrogen-bond acceptors (Lipinski definition) is 2. The summed E-state index contributed by atoms with van der Waals surface area (Å²) in [6, 6.07) is 8.85. The fourth-order valence-electron chi connectivity index (χ4n) is 3.08. The van der Waals surface area contributed by atoms with Crippen molar-refractivity contribution in [2.24, 2.45) is 5.73 Å². The van der Waals surface area contributed by atoms with Crippen LogP contribution in [-0.2, 0) is 6.42 Å². The molecule has 0 amide bonds. The van der Waals surface area contributed by atoms with Gasteiger partial charge in [0.15, 0.2) is 0 Å². The molecule has 0 spiro atoms. The molecule has 2 heteroatoms. The van der Waals surface area contributed by atoms with Crippen LogP contribution < -0.4 is 5.73 Å². The normalized spacial score (nSPS) is 19.4. The Morgan fingerprint density at radius 2 is 1.89 bits per heavy atom. The molecule has 106 valence electrons. The number of hydrogen-bond donors (Lipinski definition) is 1. The molecule has 0 radical (unpaired) electrons. The molecule has 1 aromatic rings. The number of likely N-dealkylation sites (tertiary alicyclic amines) is 1. The lowest BCUT2D eigenvalue weighted by Crippen LogP contribution is -2.53. The molecule has 1 aliphatic rings. The van der Waals surface area contributed by atoms with E-state index in [9.17, 15) is 0 Å². The summed E-state index contributed by atoms with van der Waals surface area (Å²) < 4.78 is 0. The summed E-state index contributed by atoms with van der Waals surface area (Å²) in [7, 11) is 0. The highest BCUT2D eigenvalue weighted by Gasteiger charge is 2.34. The van der Waals surface area contributed by atoms with Crippen LogP contribution in [0.1, 0.15) is 57.2 Å². The van der Waals surface area contributed by atoms with Crippen molar-refractivity contribution >= 4 is 0 Å². The first-order valence-corrected chi connectivity index (χ1v) is 7.65. The Morgan fingerprint density at radius 3 is 2.53 bits per heavy atom. The lowest BCUT2D eigenvalue weighted by Gasteiger charge is -2.45. The van der Waals surface area contributed by atoms with Crippen LogP contribution in [-0.4, -0.2) is 23.5 Å². The number of rotatable bonds is 4. The number of aryl methyl sites for hydroxylation is 1. The maximum Gasteiger partial charge on any atom is 0.0476 e. The molecule has 0 aliphatic carbocycles. The molecule has 1 saturated heterocycles. The van der Waals surface area contributed by atoms with Crippen LogP contribution in [0.5, 0.6) is 0 Å². The van der Waals surface area contributed by atoms with Crippen LogP contribution >= 0.6 is 0 Å². The summed E-state index contributed by atoms with van der Waals surface area (Å²) in [6.07, 6.45) is 5.06. The van der Waals surface area contributed by atoms with Gasteiger partial charge in [-0.05, 0) is 57.3 Å². The number of piperidine rings is 1. The maximum absolute atomic E-state index is 6.59. The summed E-state index contributed by atoms with van der Waals surface area (Å²) in [5, 5.41) is 0. The molecule has 1 aliphatic heterocycles. The fraction of sp³-hybridized carbons (Fsp3) is 0.647. The van der Waals surface area contributed by atoms with Gasteiger partial charge in [0.25, 0.3) is 0 Å². The SMILES string of the molecule is CCc1cccc(C(N)C(C)(C)N2CCCCC2)c1. The van der Waals surface area contributed by atoms with Gasteiger partial charge in [-0.1, -0.05) is 37.6 Å². The van der Waals surface area contributed by atoms with Crippen LogP contribution in [0, 0.1) is 0 Å². The highest BCUT2D eigenvalue weighted by Crippen LogP contribution is 2.31. The van der Waals surface area contributed by atoms with Gasteiger partial charge in [-0.15, -0.1) is 0 Å². The first-order chi connectivity index (χ1) is 9.05. The van der Waals surface area contributed by atoms with E-state index < -0.39 is 0 Å². The van der Waals surface area contributed by atoms with Crippen molar-refractivity contribution in [3.05, 3.63) is 35.4 Å². The average Bonchev–Trinajstić information content (AvgIpc) is 2.47. The number of nitrogens with zero attached hydrogens (tertiary/aromatic N) is 1. The largest absolute Gasteiger partial charge is 0.322 e. The zero-order valence-electron chi connectivity index (χ0n) is 12.7. The van der Waals surface area contributed by atoms with Crippen LogP contribution in [0.15, 0.2) is 24.3 Å². The molecule has 1 aromatic carbocycles.